The minimum Gasteiger partial charge on any atom is -0.497 e. The molecule has 7 heteroatoms. The second-order valence-electron chi connectivity index (χ2n) is 6.70. The fourth-order valence-corrected chi connectivity index (χ4v) is 3.51. The van der Waals surface area contributed by atoms with E-state index < -0.39 is 0 Å². The maximum Gasteiger partial charge on any atom is 0.350 e. The third-order valence-electron chi connectivity index (χ3n) is 4.88. The zero-order valence-electron chi connectivity index (χ0n) is 15.3. The summed E-state index contributed by atoms with van der Waals surface area (Å²) in [6.45, 7) is 2.16. The van der Waals surface area contributed by atoms with Crippen LogP contribution in [0.1, 0.15) is 30.3 Å². The van der Waals surface area contributed by atoms with Crippen LogP contribution in [-0.4, -0.2) is 39.5 Å². The minimum atomic E-state index is -0.147. The van der Waals surface area contributed by atoms with E-state index in [9.17, 15) is 4.79 Å². The van der Waals surface area contributed by atoms with Crippen molar-refractivity contribution >= 4 is 0 Å². The monoisotopic (exact) mass is 365 g/mol. The topological polar surface area (TPSA) is 74.0 Å². The van der Waals surface area contributed by atoms with E-state index in [1.54, 1.807) is 23.9 Å². The van der Waals surface area contributed by atoms with E-state index in [0.29, 0.717) is 12.3 Å². The number of benzene rings is 1. The summed E-state index contributed by atoms with van der Waals surface area (Å²) in [6, 6.07) is 13.3. The van der Waals surface area contributed by atoms with Crippen LogP contribution in [0.2, 0.25) is 0 Å². The molecule has 0 aliphatic carbocycles. The van der Waals surface area contributed by atoms with Crippen LogP contribution in [0.4, 0.5) is 0 Å². The highest BCUT2D eigenvalue weighted by Crippen LogP contribution is 2.23. The summed E-state index contributed by atoms with van der Waals surface area (Å²) >= 11 is 0. The number of nitrogens with one attached hydrogen (secondary N) is 1. The number of nitrogens with zero attached hydrogens (tertiary/aromatic N) is 4. The first-order chi connectivity index (χ1) is 13.3. The van der Waals surface area contributed by atoms with Gasteiger partial charge in [0, 0.05) is 24.7 Å². The highest BCUT2D eigenvalue weighted by atomic mass is 16.5. The van der Waals surface area contributed by atoms with Gasteiger partial charge in [-0.05, 0) is 37.6 Å². The summed E-state index contributed by atoms with van der Waals surface area (Å²) in [5.41, 5.74) is 1.43. The molecule has 1 N–H and O–H groups in total. The van der Waals surface area contributed by atoms with Gasteiger partial charge in [-0.3, -0.25) is 4.98 Å². The van der Waals surface area contributed by atoms with Crippen LogP contribution >= 0.6 is 0 Å². The molecule has 27 heavy (non-hydrogen) atoms. The Kier molecular flexibility index (Phi) is 5.02. The van der Waals surface area contributed by atoms with Crippen LogP contribution < -0.4 is 15.7 Å². The smallest absolute Gasteiger partial charge is 0.350 e. The molecule has 140 valence electrons. The van der Waals surface area contributed by atoms with Gasteiger partial charge in [0.25, 0.3) is 0 Å². The predicted octanol–water partition coefficient (Wildman–Crippen LogP) is 1.95. The van der Waals surface area contributed by atoms with Gasteiger partial charge in [-0.25, -0.2) is 14.0 Å². The van der Waals surface area contributed by atoms with Crippen LogP contribution in [0.25, 0.3) is 5.69 Å². The standard InChI is InChI=1S/C20H23N5O2/c1-27-18-9-11-22-16(12-18)14-24-20(26)25(17-7-3-2-4-8-17)19(23-24)15-6-5-10-21-13-15/h2-4,7-9,11-12,15,21H,5-6,10,13-14H2,1H3/t15-/m0/s1. The molecule has 3 heterocycles. The lowest BCUT2D eigenvalue weighted by molar-refractivity contribution is 0.413. The van der Waals surface area contributed by atoms with E-state index >= 15 is 0 Å². The van der Waals surface area contributed by atoms with E-state index in [4.69, 9.17) is 9.84 Å². The van der Waals surface area contributed by atoms with Gasteiger partial charge in [-0.2, -0.15) is 5.10 Å². The van der Waals surface area contributed by atoms with Gasteiger partial charge in [0.1, 0.15) is 11.6 Å². The molecule has 4 rings (SSSR count). The summed E-state index contributed by atoms with van der Waals surface area (Å²) in [7, 11) is 1.61. The molecule has 0 amide bonds. The first-order valence-corrected chi connectivity index (χ1v) is 9.21. The average Bonchev–Trinajstić information content (AvgIpc) is 3.05. The van der Waals surface area contributed by atoms with Gasteiger partial charge in [0.15, 0.2) is 0 Å². The number of rotatable bonds is 5. The second-order valence-corrected chi connectivity index (χ2v) is 6.70. The zero-order chi connectivity index (χ0) is 18.6. The number of hydrogen-bond acceptors (Lipinski definition) is 5. The number of hydrogen-bond donors (Lipinski definition) is 1. The first kappa shape index (κ1) is 17.5. The predicted molar refractivity (Wildman–Crippen MR) is 103 cm³/mol. The summed E-state index contributed by atoms with van der Waals surface area (Å²) in [6.07, 6.45) is 3.78. The first-order valence-electron chi connectivity index (χ1n) is 9.21. The summed E-state index contributed by atoms with van der Waals surface area (Å²) in [4.78, 5) is 17.5. The van der Waals surface area contributed by atoms with E-state index in [1.165, 1.54) is 4.68 Å². The molecule has 1 saturated heterocycles. The quantitative estimate of drug-likeness (QED) is 0.748. The van der Waals surface area contributed by atoms with Crippen LogP contribution in [0.3, 0.4) is 0 Å². The maximum atomic E-state index is 13.2. The van der Waals surface area contributed by atoms with Crippen molar-refractivity contribution in [1.82, 2.24) is 24.6 Å². The number of ether oxygens (including phenoxy) is 1. The van der Waals surface area contributed by atoms with Crippen molar-refractivity contribution in [2.45, 2.75) is 25.3 Å². The largest absolute Gasteiger partial charge is 0.497 e. The van der Waals surface area contributed by atoms with Gasteiger partial charge >= 0.3 is 5.69 Å². The lowest BCUT2D eigenvalue weighted by Crippen LogP contribution is -2.31. The number of pyridine rings is 1. The van der Waals surface area contributed by atoms with Crippen molar-refractivity contribution in [3.8, 4) is 11.4 Å². The number of aromatic nitrogens is 4. The number of methoxy groups -OCH3 is 1. The molecule has 0 bridgehead atoms. The lowest BCUT2D eigenvalue weighted by atomic mass is 9.99. The Balaban J connectivity index is 1.76. The molecule has 0 radical (unpaired) electrons. The van der Waals surface area contributed by atoms with Gasteiger partial charge < -0.3 is 10.1 Å². The van der Waals surface area contributed by atoms with Gasteiger partial charge in [0.05, 0.1) is 25.0 Å². The fourth-order valence-electron chi connectivity index (χ4n) is 3.51. The normalized spacial score (nSPS) is 17.0. The summed E-state index contributed by atoms with van der Waals surface area (Å²) in [5, 5.41) is 8.12. The zero-order valence-corrected chi connectivity index (χ0v) is 15.3. The second kappa shape index (κ2) is 7.75. The van der Waals surface area contributed by atoms with Crippen molar-refractivity contribution in [2.75, 3.05) is 20.2 Å². The Hall–Kier alpha value is -2.93. The SMILES string of the molecule is COc1ccnc(Cn2nc([C@H]3CCCNC3)n(-c3ccccc3)c2=O)c1. The molecule has 2 aromatic heterocycles. The van der Waals surface area contributed by atoms with Gasteiger partial charge in [0.2, 0.25) is 0 Å². The molecule has 7 nitrogen and oxygen atoms in total. The van der Waals surface area contributed by atoms with Crippen molar-refractivity contribution in [3.05, 3.63) is 70.7 Å². The molecule has 1 aliphatic rings. The molecule has 1 aliphatic heterocycles. The third-order valence-corrected chi connectivity index (χ3v) is 4.88. The Bertz CT molecular complexity index is 958. The Morgan fingerprint density at radius 3 is 2.85 bits per heavy atom. The molecule has 1 aromatic carbocycles. The molecule has 0 unspecified atom stereocenters. The fraction of sp³-hybridized carbons (Fsp3) is 0.350. The van der Waals surface area contributed by atoms with Crippen LogP contribution in [0.5, 0.6) is 5.75 Å². The molecular formula is C20H23N5O2. The summed E-state index contributed by atoms with van der Waals surface area (Å²) < 4.78 is 8.49. The average molecular weight is 365 g/mol. The van der Waals surface area contributed by atoms with Gasteiger partial charge in [-0.1, -0.05) is 18.2 Å². The van der Waals surface area contributed by atoms with Crippen molar-refractivity contribution < 1.29 is 4.74 Å². The molecule has 0 spiro atoms. The highest BCUT2D eigenvalue weighted by Gasteiger charge is 2.25. The van der Waals surface area contributed by atoms with Crippen molar-refractivity contribution in [1.29, 1.82) is 0 Å². The van der Waals surface area contributed by atoms with Crippen molar-refractivity contribution in [3.63, 3.8) is 0 Å². The highest BCUT2D eigenvalue weighted by molar-refractivity contribution is 5.33. The molecular weight excluding hydrogens is 342 g/mol. The van der Waals surface area contributed by atoms with E-state index in [-0.39, 0.29) is 11.6 Å². The van der Waals surface area contributed by atoms with Crippen molar-refractivity contribution in [2.24, 2.45) is 0 Å². The molecule has 1 atom stereocenters. The summed E-state index contributed by atoms with van der Waals surface area (Å²) in [5.74, 6) is 1.74. The Morgan fingerprint density at radius 1 is 1.26 bits per heavy atom. The maximum absolute atomic E-state index is 13.2. The number of piperidine rings is 1. The molecule has 0 saturated carbocycles. The molecule has 1 fully saturated rings. The lowest BCUT2D eigenvalue weighted by Gasteiger charge is -2.22. The Labute approximate surface area is 157 Å². The third kappa shape index (κ3) is 3.64. The Morgan fingerprint density at radius 2 is 2.11 bits per heavy atom. The van der Waals surface area contributed by atoms with Gasteiger partial charge in [-0.15, -0.1) is 0 Å². The van der Waals surface area contributed by atoms with E-state index in [2.05, 4.69) is 10.3 Å². The van der Waals surface area contributed by atoms with E-state index in [1.807, 2.05) is 36.4 Å². The number of para-hydroxylation sites is 1. The molecule has 3 aromatic rings. The van der Waals surface area contributed by atoms with Crippen LogP contribution in [0, 0.1) is 0 Å². The van der Waals surface area contributed by atoms with Crippen LogP contribution in [-0.2, 0) is 6.54 Å². The minimum absolute atomic E-state index is 0.147. The van der Waals surface area contributed by atoms with E-state index in [0.717, 1.165) is 43.1 Å². The van der Waals surface area contributed by atoms with Crippen LogP contribution in [0.15, 0.2) is 53.5 Å².